The van der Waals surface area contributed by atoms with Crippen molar-refractivity contribution in [3.63, 3.8) is 0 Å². The Labute approximate surface area is 191 Å². The van der Waals surface area contributed by atoms with E-state index in [0.29, 0.717) is 30.3 Å². The minimum absolute atomic E-state index is 0.0449. The zero-order valence-corrected chi connectivity index (χ0v) is 19.4. The Hall–Kier alpha value is -2.33. The Morgan fingerprint density at radius 3 is 2.42 bits per heavy atom. The van der Waals surface area contributed by atoms with Gasteiger partial charge in [0.15, 0.2) is 0 Å². The lowest BCUT2D eigenvalue weighted by atomic mass is 10.2. The number of amides is 2. The molecule has 0 bridgehead atoms. The number of carbonyl (C=O) groups excluding carboxylic acids is 2. The summed E-state index contributed by atoms with van der Waals surface area (Å²) in [5.74, 6) is -0.857. The van der Waals surface area contributed by atoms with Crippen molar-refractivity contribution >= 4 is 50.7 Å². The predicted molar refractivity (Wildman–Crippen MR) is 120 cm³/mol. The molecule has 2 N–H and O–H groups in total. The molecule has 0 aliphatic rings. The summed E-state index contributed by atoms with van der Waals surface area (Å²) in [6.45, 7) is 0.759. The van der Waals surface area contributed by atoms with Crippen molar-refractivity contribution in [2.75, 3.05) is 38.6 Å². The smallest absolute Gasteiger partial charge is 0.263 e. The van der Waals surface area contributed by atoms with E-state index in [2.05, 4.69) is 10.0 Å². The molecule has 2 aromatic carbocycles. The summed E-state index contributed by atoms with van der Waals surface area (Å²) in [6, 6.07) is 9.98. The van der Waals surface area contributed by atoms with Crippen molar-refractivity contribution in [2.45, 2.75) is 11.3 Å². The number of ether oxygens (including phenoxy) is 1. The van der Waals surface area contributed by atoms with Crippen LogP contribution in [0.25, 0.3) is 0 Å². The number of nitrogens with one attached hydrogen (secondary N) is 2. The molecule has 0 aliphatic heterocycles. The standard InChI is InChI=1S/C20H23Cl2N3O5S/c1-25(13-19(26)23-10-3-11-30-2)20(27)14-4-9-17(22)18(12-14)31(28,29)24-16-7-5-15(21)6-8-16/h4-9,12,24H,3,10-11,13H2,1-2H3,(H,23,26). The van der Waals surface area contributed by atoms with Gasteiger partial charge in [-0.3, -0.25) is 14.3 Å². The summed E-state index contributed by atoms with van der Waals surface area (Å²) in [7, 11) is -1.05. The molecule has 8 nitrogen and oxygen atoms in total. The van der Waals surface area contributed by atoms with Gasteiger partial charge in [-0.05, 0) is 48.9 Å². The Morgan fingerprint density at radius 2 is 1.77 bits per heavy atom. The molecule has 0 saturated carbocycles. The minimum Gasteiger partial charge on any atom is -0.385 e. The third-order valence-corrected chi connectivity index (χ3v) is 6.25. The highest BCUT2D eigenvalue weighted by atomic mass is 35.5. The van der Waals surface area contributed by atoms with E-state index in [1.165, 1.54) is 54.4 Å². The molecule has 0 unspecified atom stereocenters. The molecule has 0 spiro atoms. The van der Waals surface area contributed by atoms with Gasteiger partial charge in [0.25, 0.3) is 15.9 Å². The summed E-state index contributed by atoms with van der Waals surface area (Å²) in [5.41, 5.74) is 0.370. The van der Waals surface area contributed by atoms with Gasteiger partial charge in [0.1, 0.15) is 4.90 Å². The van der Waals surface area contributed by atoms with Crippen molar-refractivity contribution in [3.05, 3.63) is 58.1 Å². The van der Waals surface area contributed by atoms with Gasteiger partial charge in [0, 0.05) is 43.6 Å². The number of rotatable bonds is 10. The summed E-state index contributed by atoms with van der Waals surface area (Å²) in [6.07, 6.45) is 0.652. The van der Waals surface area contributed by atoms with Gasteiger partial charge in [-0.2, -0.15) is 0 Å². The molecule has 2 amide bonds. The van der Waals surface area contributed by atoms with Crippen LogP contribution in [0.5, 0.6) is 0 Å². The quantitative estimate of drug-likeness (QED) is 0.501. The third kappa shape index (κ3) is 7.39. The van der Waals surface area contributed by atoms with E-state index in [9.17, 15) is 18.0 Å². The normalized spacial score (nSPS) is 11.1. The second kappa shape index (κ2) is 11.3. The minimum atomic E-state index is -4.07. The van der Waals surface area contributed by atoms with Crippen molar-refractivity contribution in [1.29, 1.82) is 0 Å². The first-order valence-corrected chi connectivity index (χ1v) is 11.5. The molecule has 0 aliphatic carbocycles. The van der Waals surface area contributed by atoms with Gasteiger partial charge in [-0.15, -0.1) is 0 Å². The van der Waals surface area contributed by atoms with Crippen molar-refractivity contribution in [2.24, 2.45) is 0 Å². The zero-order valence-electron chi connectivity index (χ0n) is 17.0. The number of halogens is 2. The number of carbonyl (C=O) groups is 2. The second-order valence-electron chi connectivity index (χ2n) is 6.62. The van der Waals surface area contributed by atoms with E-state index >= 15 is 0 Å². The number of hydrogen-bond donors (Lipinski definition) is 2. The highest BCUT2D eigenvalue weighted by Crippen LogP contribution is 2.26. The summed E-state index contributed by atoms with van der Waals surface area (Å²) >= 11 is 11.9. The van der Waals surface area contributed by atoms with Gasteiger partial charge in [0.2, 0.25) is 5.91 Å². The van der Waals surface area contributed by atoms with E-state index in [0.717, 1.165) is 0 Å². The van der Waals surface area contributed by atoms with Crippen molar-refractivity contribution in [1.82, 2.24) is 10.2 Å². The summed E-state index contributed by atoms with van der Waals surface area (Å²) in [4.78, 5) is 25.6. The van der Waals surface area contributed by atoms with Crippen LogP contribution < -0.4 is 10.0 Å². The first kappa shape index (κ1) is 24.9. The molecular formula is C20H23Cl2N3O5S. The van der Waals surface area contributed by atoms with Crippen molar-refractivity contribution in [3.8, 4) is 0 Å². The van der Waals surface area contributed by atoms with E-state index < -0.39 is 15.9 Å². The van der Waals surface area contributed by atoms with Crippen LogP contribution in [-0.2, 0) is 19.6 Å². The number of hydrogen-bond acceptors (Lipinski definition) is 5. The van der Waals surface area contributed by atoms with Gasteiger partial charge < -0.3 is 15.0 Å². The zero-order chi connectivity index (χ0) is 23.0. The number of nitrogens with zero attached hydrogens (tertiary/aromatic N) is 1. The van der Waals surface area contributed by atoms with E-state index in [4.69, 9.17) is 27.9 Å². The number of anilines is 1. The summed E-state index contributed by atoms with van der Waals surface area (Å²) in [5, 5.41) is 3.09. The van der Waals surface area contributed by atoms with E-state index in [-0.39, 0.29) is 27.9 Å². The van der Waals surface area contributed by atoms with Crippen LogP contribution in [0.1, 0.15) is 16.8 Å². The van der Waals surface area contributed by atoms with Crippen LogP contribution in [0, 0.1) is 0 Å². The van der Waals surface area contributed by atoms with Crippen LogP contribution in [0.15, 0.2) is 47.4 Å². The molecule has 0 atom stereocenters. The number of benzene rings is 2. The Kier molecular flexibility index (Phi) is 9.12. The molecule has 11 heteroatoms. The van der Waals surface area contributed by atoms with Crippen LogP contribution in [0.3, 0.4) is 0 Å². The molecular weight excluding hydrogens is 465 g/mol. The molecule has 168 valence electrons. The Morgan fingerprint density at radius 1 is 1.10 bits per heavy atom. The maximum absolute atomic E-state index is 12.8. The Balaban J connectivity index is 2.12. The molecule has 0 saturated heterocycles. The van der Waals surface area contributed by atoms with Crippen molar-refractivity contribution < 1.29 is 22.7 Å². The Bertz CT molecular complexity index is 1030. The van der Waals surface area contributed by atoms with Gasteiger partial charge >= 0.3 is 0 Å². The molecule has 31 heavy (non-hydrogen) atoms. The average Bonchev–Trinajstić information content (AvgIpc) is 2.72. The first-order valence-electron chi connectivity index (χ1n) is 9.23. The van der Waals surface area contributed by atoms with Crippen LogP contribution in [0.2, 0.25) is 10.0 Å². The first-order chi connectivity index (χ1) is 14.6. The average molecular weight is 488 g/mol. The van der Waals surface area contributed by atoms with Gasteiger partial charge in [-0.1, -0.05) is 23.2 Å². The second-order valence-corrected chi connectivity index (χ2v) is 9.11. The SMILES string of the molecule is COCCCNC(=O)CN(C)C(=O)c1ccc(Cl)c(S(=O)(=O)Nc2ccc(Cl)cc2)c1. The topological polar surface area (TPSA) is 105 Å². The predicted octanol–water partition coefficient (Wildman–Crippen LogP) is 3.02. The van der Waals surface area contributed by atoms with E-state index in [1.54, 1.807) is 7.11 Å². The fraction of sp³-hybridized carbons (Fsp3) is 0.300. The molecule has 0 heterocycles. The molecule has 0 radical (unpaired) electrons. The fourth-order valence-corrected chi connectivity index (χ4v) is 4.29. The van der Waals surface area contributed by atoms with Crippen LogP contribution >= 0.6 is 23.2 Å². The molecule has 2 rings (SSSR count). The van der Waals surface area contributed by atoms with Crippen LogP contribution in [0.4, 0.5) is 5.69 Å². The van der Waals surface area contributed by atoms with Gasteiger partial charge in [0.05, 0.1) is 11.6 Å². The van der Waals surface area contributed by atoms with Gasteiger partial charge in [-0.25, -0.2) is 8.42 Å². The third-order valence-electron chi connectivity index (χ3n) is 4.14. The fourth-order valence-electron chi connectivity index (χ4n) is 2.58. The maximum atomic E-state index is 12.8. The maximum Gasteiger partial charge on any atom is 0.263 e. The highest BCUT2D eigenvalue weighted by Gasteiger charge is 2.22. The van der Waals surface area contributed by atoms with E-state index in [1.807, 2.05) is 0 Å². The molecule has 2 aromatic rings. The number of methoxy groups -OCH3 is 1. The highest BCUT2D eigenvalue weighted by molar-refractivity contribution is 7.92. The van der Waals surface area contributed by atoms with Crippen LogP contribution in [-0.4, -0.2) is 59.0 Å². The summed E-state index contributed by atoms with van der Waals surface area (Å²) < 4.78 is 32.8. The molecule has 0 aromatic heterocycles. The number of sulfonamides is 1. The number of likely N-dealkylation sites (N-methyl/N-ethyl adjacent to an activating group) is 1. The monoisotopic (exact) mass is 487 g/mol. The lowest BCUT2D eigenvalue weighted by Crippen LogP contribution is -2.38. The largest absolute Gasteiger partial charge is 0.385 e. The lowest BCUT2D eigenvalue weighted by molar-refractivity contribution is -0.121. The lowest BCUT2D eigenvalue weighted by Gasteiger charge is -2.18. The molecule has 0 fully saturated rings.